The molecule has 0 spiro atoms. The van der Waals surface area contributed by atoms with E-state index in [1.807, 2.05) is 17.2 Å². The molecular weight excluding hydrogens is 302 g/mol. The van der Waals surface area contributed by atoms with Gasteiger partial charge in [0.1, 0.15) is 6.26 Å². The number of hydrogen-bond acceptors (Lipinski definition) is 4. The number of rotatable bonds is 3. The third-order valence-electron chi connectivity index (χ3n) is 4.64. The second-order valence-electron chi connectivity index (χ2n) is 6.35. The van der Waals surface area contributed by atoms with Crippen LogP contribution < -0.4 is 0 Å². The average Bonchev–Trinajstić information content (AvgIpc) is 3.24. The Hall–Kier alpha value is -2.69. The summed E-state index contributed by atoms with van der Waals surface area (Å²) in [6, 6.07) is 10.4. The van der Waals surface area contributed by atoms with Crippen molar-refractivity contribution in [1.82, 2.24) is 14.9 Å². The Morgan fingerprint density at radius 2 is 2.21 bits per heavy atom. The smallest absolute Gasteiger partial charge is 0.275 e. The first-order chi connectivity index (χ1) is 11.7. The molecule has 1 fully saturated rings. The Morgan fingerprint density at radius 1 is 1.33 bits per heavy atom. The van der Waals surface area contributed by atoms with Crippen LogP contribution in [0.2, 0.25) is 0 Å². The van der Waals surface area contributed by atoms with Gasteiger partial charge in [-0.1, -0.05) is 24.3 Å². The van der Waals surface area contributed by atoms with Gasteiger partial charge in [-0.15, -0.1) is 0 Å². The Morgan fingerprint density at radius 3 is 3.04 bits per heavy atom. The maximum atomic E-state index is 12.5. The summed E-state index contributed by atoms with van der Waals surface area (Å²) in [6.45, 7) is 3.28. The first-order valence-corrected chi connectivity index (χ1v) is 8.25. The van der Waals surface area contributed by atoms with Crippen molar-refractivity contribution in [2.75, 3.05) is 13.1 Å². The van der Waals surface area contributed by atoms with Crippen LogP contribution in [0.1, 0.15) is 28.4 Å². The van der Waals surface area contributed by atoms with Crippen molar-refractivity contribution in [3.8, 4) is 0 Å². The van der Waals surface area contributed by atoms with Crippen molar-refractivity contribution in [2.45, 2.75) is 19.8 Å². The second kappa shape index (κ2) is 6.07. The van der Waals surface area contributed by atoms with Crippen LogP contribution in [-0.2, 0) is 6.42 Å². The fraction of sp³-hybridized carbons (Fsp3) is 0.316. The molecule has 0 N–H and O–H groups in total. The number of carbonyl (C=O) groups is 1. The number of fused-ring (bicyclic) bond motifs is 1. The van der Waals surface area contributed by atoms with E-state index in [1.54, 1.807) is 6.92 Å². The first kappa shape index (κ1) is 14.9. The number of aryl methyl sites for hydroxylation is 1. The monoisotopic (exact) mass is 321 g/mol. The van der Waals surface area contributed by atoms with Gasteiger partial charge in [0.15, 0.2) is 11.6 Å². The maximum absolute atomic E-state index is 12.5. The summed E-state index contributed by atoms with van der Waals surface area (Å²) in [4.78, 5) is 23.0. The molecule has 0 saturated carbocycles. The van der Waals surface area contributed by atoms with Gasteiger partial charge in [-0.05, 0) is 30.4 Å². The molecule has 1 aromatic carbocycles. The molecule has 1 aliphatic rings. The lowest BCUT2D eigenvalue weighted by Crippen LogP contribution is -2.29. The first-order valence-electron chi connectivity index (χ1n) is 8.25. The fourth-order valence-corrected chi connectivity index (χ4v) is 3.45. The fourth-order valence-electron chi connectivity index (χ4n) is 3.45. The molecule has 122 valence electrons. The van der Waals surface area contributed by atoms with Crippen LogP contribution in [0.4, 0.5) is 0 Å². The van der Waals surface area contributed by atoms with Crippen LogP contribution in [0, 0.1) is 12.8 Å². The summed E-state index contributed by atoms with van der Waals surface area (Å²) in [6.07, 6.45) is 5.23. The zero-order valence-electron chi connectivity index (χ0n) is 13.6. The molecule has 24 heavy (non-hydrogen) atoms. The van der Waals surface area contributed by atoms with Crippen molar-refractivity contribution in [1.29, 1.82) is 0 Å². The molecule has 4 rings (SSSR count). The second-order valence-corrected chi connectivity index (χ2v) is 6.35. The SMILES string of the molecule is Cc1nc(C(=O)N2CC[C@H](Cc3cccc4cccnc34)C2)co1. The lowest BCUT2D eigenvalue weighted by molar-refractivity contribution is 0.0781. The number of hydrogen-bond donors (Lipinski definition) is 0. The van der Waals surface area contributed by atoms with Gasteiger partial charge in [-0.3, -0.25) is 9.78 Å². The summed E-state index contributed by atoms with van der Waals surface area (Å²) < 4.78 is 5.15. The molecule has 0 bridgehead atoms. The van der Waals surface area contributed by atoms with E-state index >= 15 is 0 Å². The van der Waals surface area contributed by atoms with Crippen LogP contribution in [0.15, 0.2) is 47.2 Å². The quantitative estimate of drug-likeness (QED) is 0.743. The number of oxazole rings is 1. The number of pyridine rings is 1. The van der Waals surface area contributed by atoms with E-state index in [0.717, 1.165) is 31.4 Å². The van der Waals surface area contributed by atoms with Gasteiger partial charge >= 0.3 is 0 Å². The molecule has 3 aromatic rings. The van der Waals surface area contributed by atoms with Crippen LogP contribution >= 0.6 is 0 Å². The standard InChI is InChI=1S/C19H19N3O2/c1-13-21-17(12-24-13)19(23)22-9-7-14(11-22)10-16-5-2-4-15-6-3-8-20-18(15)16/h2-6,8,12,14H,7,9-11H2,1H3/t14-/m1/s1. The van der Waals surface area contributed by atoms with E-state index in [2.05, 4.69) is 34.2 Å². The topological polar surface area (TPSA) is 59.2 Å². The van der Waals surface area contributed by atoms with Gasteiger partial charge < -0.3 is 9.32 Å². The normalized spacial score (nSPS) is 17.5. The van der Waals surface area contributed by atoms with E-state index in [-0.39, 0.29) is 5.91 Å². The molecule has 5 nitrogen and oxygen atoms in total. The minimum atomic E-state index is -0.0367. The highest BCUT2D eigenvalue weighted by Crippen LogP contribution is 2.25. The molecular formula is C19H19N3O2. The van der Waals surface area contributed by atoms with Gasteiger partial charge in [-0.25, -0.2) is 4.98 Å². The van der Waals surface area contributed by atoms with Gasteiger partial charge in [0.25, 0.3) is 5.91 Å². The summed E-state index contributed by atoms with van der Waals surface area (Å²) in [7, 11) is 0. The van der Waals surface area contributed by atoms with E-state index in [4.69, 9.17) is 4.42 Å². The summed E-state index contributed by atoms with van der Waals surface area (Å²) >= 11 is 0. The van der Waals surface area contributed by atoms with Crippen LogP contribution in [0.5, 0.6) is 0 Å². The van der Waals surface area contributed by atoms with Crippen LogP contribution in [0.3, 0.4) is 0 Å². The molecule has 3 heterocycles. The Balaban J connectivity index is 1.48. The zero-order chi connectivity index (χ0) is 16.5. The molecule has 0 aliphatic carbocycles. The van der Waals surface area contributed by atoms with Gasteiger partial charge in [0.05, 0.1) is 5.52 Å². The number of amides is 1. The zero-order valence-corrected chi connectivity index (χ0v) is 13.6. The van der Waals surface area contributed by atoms with E-state index in [9.17, 15) is 4.79 Å². The number of carbonyl (C=O) groups excluding carboxylic acids is 1. The predicted molar refractivity (Wildman–Crippen MR) is 90.7 cm³/mol. The van der Waals surface area contributed by atoms with Gasteiger partial charge in [0.2, 0.25) is 0 Å². The highest BCUT2D eigenvalue weighted by atomic mass is 16.3. The molecule has 1 aliphatic heterocycles. The molecule has 1 saturated heterocycles. The summed E-state index contributed by atoms with van der Waals surface area (Å²) in [5, 5.41) is 1.17. The number of likely N-dealkylation sites (tertiary alicyclic amines) is 1. The lowest BCUT2D eigenvalue weighted by atomic mass is 9.97. The Labute approximate surface area is 140 Å². The molecule has 1 amide bonds. The Kier molecular flexibility index (Phi) is 3.76. The van der Waals surface area contributed by atoms with Crippen molar-refractivity contribution >= 4 is 16.8 Å². The van der Waals surface area contributed by atoms with Gasteiger partial charge in [0, 0.05) is 31.6 Å². The largest absolute Gasteiger partial charge is 0.448 e. The number of nitrogens with zero attached hydrogens (tertiary/aromatic N) is 3. The molecule has 0 unspecified atom stereocenters. The van der Waals surface area contributed by atoms with E-state index in [1.165, 1.54) is 17.2 Å². The minimum absolute atomic E-state index is 0.0367. The summed E-state index contributed by atoms with van der Waals surface area (Å²) in [5.41, 5.74) is 2.72. The van der Waals surface area contributed by atoms with E-state index in [0.29, 0.717) is 17.5 Å². The Bertz CT molecular complexity index is 882. The van der Waals surface area contributed by atoms with Crippen LogP contribution in [0.25, 0.3) is 10.9 Å². The van der Waals surface area contributed by atoms with Crippen molar-refractivity contribution in [2.24, 2.45) is 5.92 Å². The van der Waals surface area contributed by atoms with Gasteiger partial charge in [-0.2, -0.15) is 0 Å². The number of para-hydroxylation sites is 1. The molecule has 2 aromatic heterocycles. The maximum Gasteiger partial charge on any atom is 0.275 e. The molecule has 0 radical (unpaired) electrons. The third-order valence-corrected chi connectivity index (χ3v) is 4.64. The average molecular weight is 321 g/mol. The summed E-state index contributed by atoms with van der Waals surface area (Å²) in [5.74, 6) is 0.941. The third kappa shape index (κ3) is 2.77. The minimum Gasteiger partial charge on any atom is -0.448 e. The number of benzene rings is 1. The van der Waals surface area contributed by atoms with Crippen LogP contribution in [-0.4, -0.2) is 33.9 Å². The lowest BCUT2D eigenvalue weighted by Gasteiger charge is -2.15. The van der Waals surface area contributed by atoms with E-state index < -0.39 is 0 Å². The van der Waals surface area contributed by atoms with Crippen molar-refractivity contribution in [3.63, 3.8) is 0 Å². The predicted octanol–water partition coefficient (Wildman–Crippen LogP) is 3.24. The van der Waals surface area contributed by atoms with Crippen molar-refractivity contribution in [3.05, 3.63) is 59.9 Å². The highest BCUT2D eigenvalue weighted by Gasteiger charge is 2.28. The van der Waals surface area contributed by atoms with Crippen molar-refractivity contribution < 1.29 is 9.21 Å². The number of aromatic nitrogens is 2. The molecule has 1 atom stereocenters. The highest BCUT2D eigenvalue weighted by molar-refractivity contribution is 5.92. The molecule has 5 heteroatoms.